The molecule has 0 saturated carbocycles. The number of allylic oxidation sites excluding steroid dienone is 8. The SMILES string of the molecule is [2H]C(CCCCCCCC)CN(CCCCC(=O)OCCN1CCN(CCSSCCCCN(CC(O)CCCCCC/C=C\C/C=C\CCCCC)CC(O)CCCCCC/C=C\C/C=C\CCCCC)CC1)CC(O)CCCCCCCC. The summed E-state index contributed by atoms with van der Waals surface area (Å²) in [4.78, 5) is 22.4. The van der Waals surface area contributed by atoms with Crippen LogP contribution in [0, 0.1) is 0 Å². The molecule has 0 aromatic heterocycles. The van der Waals surface area contributed by atoms with Crippen molar-refractivity contribution < 1.29 is 26.2 Å². The van der Waals surface area contributed by atoms with E-state index < -0.39 is 0 Å². The average Bonchev–Trinajstić information content (AvgIpc) is 3.55. The molecule has 1 fully saturated rings. The van der Waals surface area contributed by atoms with Gasteiger partial charge in [0.2, 0.25) is 0 Å². The van der Waals surface area contributed by atoms with Gasteiger partial charge in [-0.2, -0.15) is 0 Å². The molecule has 4 unspecified atom stereocenters. The molecule has 1 aliphatic heterocycles. The van der Waals surface area contributed by atoms with Crippen LogP contribution in [0.25, 0.3) is 0 Å². The number of carbonyl (C=O) groups excluding carboxylic acids is 1. The number of aliphatic hydroxyl groups is 3. The molecule has 4 atom stereocenters. The van der Waals surface area contributed by atoms with E-state index in [-0.39, 0.29) is 30.7 Å². The number of ether oxygens (including phenoxy) is 1. The first-order chi connectivity index (χ1) is 41.7. The van der Waals surface area contributed by atoms with Gasteiger partial charge in [-0.25, -0.2) is 0 Å². The molecule has 1 heterocycles. The Hall–Kier alpha value is -1.15. The first-order valence-corrected chi connectivity index (χ1v) is 38.5. The Balaban J connectivity index is 2.37. The highest BCUT2D eigenvalue weighted by molar-refractivity contribution is 8.76. The van der Waals surface area contributed by atoms with Gasteiger partial charge in [-0.05, 0) is 135 Å². The molecular weight excluding hydrogens is 1080 g/mol. The predicted octanol–water partition coefficient (Wildman–Crippen LogP) is 18.9. The minimum Gasteiger partial charge on any atom is -0.464 e. The zero-order valence-electron chi connectivity index (χ0n) is 56.8. The lowest BCUT2D eigenvalue weighted by atomic mass is 10.1. The van der Waals surface area contributed by atoms with Gasteiger partial charge in [0.1, 0.15) is 6.61 Å². The number of piperazine rings is 1. The zero-order chi connectivity index (χ0) is 61.6. The second-order valence-corrected chi connectivity index (χ2v) is 27.6. The van der Waals surface area contributed by atoms with Gasteiger partial charge in [0.25, 0.3) is 0 Å². The third kappa shape index (κ3) is 57.3. The van der Waals surface area contributed by atoms with Gasteiger partial charge in [0.05, 0.1) is 18.3 Å². The maximum absolute atomic E-state index is 12.7. The Bertz CT molecular complexity index is 1440. The molecule has 0 bridgehead atoms. The van der Waals surface area contributed by atoms with Crippen molar-refractivity contribution in [3.05, 3.63) is 48.6 Å². The number of esters is 1. The van der Waals surface area contributed by atoms with Crippen molar-refractivity contribution in [1.29, 1.82) is 0 Å². The molecule has 0 radical (unpaired) electrons. The molecule has 0 aliphatic carbocycles. The largest absolute Gasteiger partial charge is 0.464 e. The van der Waals surface area contributed by atoms with Crippen molar-refractivity contribution in [2.75, 3.05) is 96.6 Å². The molecule has 1 aliphatic rings. The van der Waals surface area contributed by atoms with E-state index in [1.165, 1.54) is 154 Å². The molecule has 1 saturated heterocycles. The van der Waals surface area contributed by atoms with E-state index in [0.29, 0.717) is 39.2 Å². The van der Waals surface area contributed by atoms with Gasteiger partial charge in [-0.3, -0.25) is 19.5 Å². The van der Waals surface area contributed by atoms with Crippen LogP contribution in [0.1, 0.15) is 299 Å². The standard InChI is InChI=1S/C73H140N4O5S2/c1-5-9-13-17-21-24-26-28-30-32-34-36-40-44-52-71(79)68-77(69-72(80)53-45-41-37-35-33-31-29-27-25-22-18-14-10-6-2)57-49-50-65-83-84-66-63-75-60-58-74(59-61-75)62-64-82-73(81)54-46-48-56-76(55-47-42-38-23-19-15-11-7-3)67-70(78)51-43-39-20-16-12-8-4/h21-22,24-25,28-31,70-72,78-80H,5-20,23,26-27,32-69H2,1-4H3/b24-21-,25-22-,30-28-,31-29-/i47D. The highest BCUT2D eigenvalue weighted by Crippen LogP contribution is 2.23. The third-order valence-electron chi connectivity index (χ3n) is 16.7. The number of nitrogens with zero attached hydrogens (tertiary/aromatic N) is 4. The van der Waals surface area contributed by atoms with Crippen LogP contribution in [0.4, 0.5) is 0 Å². The van der Waals surface area contributed by atoms with Gasteiger partial charge in [0.15, 0.2) is 0 Å². The lowest BCUT2D eigenvalue weighted by Gasteiger charge is -2.34. The molecule has 0 aromatic carbocycles. The smallest absolute Gasteiger partial charge is 0.305 e. The maximum atomic E-state index is 12.7. The van der Waals surface area contributed by atoms with Crippen LogP contribution in [0.2, 0.25) is 0 Å². The average molecular weight is 1220 g/mol. The van der Waals surface area contributed by atoms with Gasteiger partial charge in [0, 0.05) is 78.2 Å². The highest BCUT2D eigenvalue weighted by Gasteiger charge is 2.19. The summed E-state index contributed by atoms with van der Waals surface area (Å²) < 4.78 is 14.5. The van der Waals surface area contributed by atoms with Crippen LogP contribution in [0.3, 0.4) is 0 Å². The summed E-state index contributed by atoms with van der Waals surface area (Å²) in [5, 5.41) is 33.3. The van der Waals surface area contributed by atoms with Crippen LogP contribution < -0.4 is 0 Å². The molecule has 11 heteroatoms. The molecule has 0 amide bonds. The van der Waals surface area contributed by atoms with Crippen molar-refractivity contribution in [1.82, 2.24) is 19.6 Å². The lowest BCUT2D eigenvalue weighted by Crippen LogP contribution is -2.47. The molecule has 1 rings (SSSR count). The van der Waals surface area contributed by atoms with Crippen molar-refractivity contribution in [3.8, 4) is 0 Å². The number of carbonyl (C=O) groups is 1. The minimum absolute atomic E-state index is 0.107. The fourth-order valence-electron chi connectivity index (χ4n) is 11.2. The number of unbranched alkanes of at least 4 members (excludes halogenated alkanes) is 26. The fourth-order valence-corrected chi connectivity index (χ4v) is 13.4. The molecule has 84 heavy (non-hydrogen) atoms. The summed E-state index contributed by atoms with van der Waals surface area (Å²) in [5.41, 5.74) is 0. The Morgan fingerprint density at radius 1 is 0.440 bits per heavy atom. The summed E-state index contributed by atoms with van der Waals surface area (Å²) in [6.45, 7) is 19.9. The highest BCUT2D eigenvalue weighted by atomic mass is 33.1. The molecular formula is C73H140N4O5S2. The second kappa shape index (κ2) is 64.8. The maximum Gasteiger partial charge on any atom is 0.305 e. The Morgan fingerprint density at radius 3 is 1.32 bits per heavy atom. The topological polar surface area (TPSA) is 100.0 Å². The first kappa shape index (κ1) is 78.9. The first-order valence-electron chi connectivity index (χ1n) is 36.6. The van der Waals surface area contributed by atoms with Gasteiger partial charge in [-0.15, -0.1) is 0 Å². The lowest BCUT2D eigenvalue weighted by molar-refractivity contribution is -0.144. The van der Waals surface area contributed by atoms with E-state index in [9.17, 15) is 20.1 Å². The minimum atomic E-state index is -0.348. The second-order valence-electron chi connectivity index (χ2n) is 24.9. The molecule has 3 N–H and O–H groups in total. The summed E-state index contributed by atoms with van der Waals surface area (Å²) in [6, 6.07) is 0. The van der Waals surface area contributed by atoms with Crippen molar-refractivity contribution in [2.24, 2.45) is 0 Å². The van der Waals surface area contributed by atoms with Crippen LogP contribution in [-0.2, 0) is 9.53 Å². The quantitative estimate of drug-likeness (QED) is 0.0235. The van der Waals surface area contributed by atoms with Gasteiger partial charge in [-0.1, -0.05) is 246 Å². The van der Waals surface area contributed by atoms with Crippen molar-refractivity contribution in [2.45, 2.75) is 316 Å². The van der Waals surface area contributed by atoms with Crippen LogP contribution in [-0.4, -0.2) is 156 Å². The van der Waals surface area contributed by atoms with Crippen LogP contribution in [0.5, 0.6) is 0 Å². The Morgan fingerprint density at radius 2 is 0.821 bits per heavy atom. The van der Waals surface area contributed by atoms with E-state index in [0.717, 1.165) is 167 Å². The summed E-state index contributed by atoms with van der Waals surface area (Å²) in [6.07, 6.45) is 64.0. The normalized spacial score (nSPS) is 15.5. The van der Waals surface area contributed by atoms with Crippen molar-refractivity contribution in [3.63, 3.8) is 0 Å². The van der Waals surface area contributed by atoms with Crippen molar-refractivity contribution >= 4 is 27.6 Å². The number of hydrogen-bond acceptors (Lipinski definition) is 11. The van der Waals surface area contributed by atoms with E-state index in [4.69, 9.17) is 6.11 Å². The molecule has 0 spiro atoms. The summed E-state index contributed by atoms with van der Waals surface area (Å²) in [5.74, 6) is 2.14. The number of hydrogen-bond donors (Lipinski definition) is 3. The molecule has 9 nitrogen and oxygen atoms in total. The summed E-state index contributed by atoms with van der Waals surface area (Å²) in [7, 11) is 3.98. The third-order valence-corrected chi connectivity index (χ3v) is 19.2. The fraction of sp³-hybridized carbons (Fsp3) is 0.877. The number of aliphatic hydroxyl groups excluding tert-OH is 3. The zero-order valence-corrected chi connectivity index (χ0v) is 57.4. The summed E-state index contributed by atoms with van der Waals surface area (Å²) >= 11 is 0. The van der Waals surface area contributed by atoms with Crippen LogP contribution in [0.15, 0.2) is 48.6 Å². The van der Waals surface area contributed by atoms with Gasteiger partial charge >= 0.3 is 5.97 Å². The van der Waals surface area contributed by atoms with E-state index in [1.807, 2.05) is 21.6 Å². The molecule has 0 aromatic rings. The molecule has 494 valence electrons. The van der Waals surface area contributed by atoms with E-state index in [2.05, 4.69) is 95.9 Å². The van der Waals surface area contributed by atoms with Crippen LogP contribution >= 0.6 is 21.6 Å². The number of rotatable bonds is 65. The predicted molar refractivity (Wildman–Crippen MR) is 373 cm³/mol. The Kier molecular flexibility index (Phi) is 60.9. The van der Waals surface area contributed by atoms with E-state index in [1.54, 1.807) is 0 Å². The Labute approximate surface area is 531 Å². The van der Waals surface area contributed by atoms with E-state index >= 15 is 0 Å². The monoisotopic (exact) mass is 1220 g/mol. The van der Waals surface area contributed by atoms with Gasteiger partial charge < -0.3 is 25.0 Å².